The van der Waals surface area contributed by atoms with Crippen molar-refractivity contribution in [2.45, 2.75) is 6.54 Å². The van der Waals surface area contributed by atoms with Crippen LogP contribution in [0.15, 0.2) is 60.9 Å². The van der Waals surface area contributed by atoms with Crippen molar-refractivity contribution in [3.63, 3.8) is 0 Å². The number of imidazole rings is 1. The van der Waals surface area contributed by atoms with E-state index in [9.17, 15) is 14.9 Å². The Morgan fingerprint density at radius 1 is 1.20 bits per heavy atom. The normalized spacial score (nSPS) is 10.4. The zero-order valence-corrected chi connectivity index (χ0v) is 13.7. The Morgan fingerprint density at radius 3 is 2.68 bits per heavy atom. The Kier molecular flexibility index (Phi) is 4.76. The lowest BCUT2D eigenvalue weighted by Crippen LogP contribution is -2.25. The zero-order chi connectivity index (χ0) is 17.8. The van der Waals surface area contributed by atoms with Gasteiger partial charge in [0, 0.05) is 24.1 Å². The van der Waals surface area contributed by atoms with Gasteiger partial charge < -0.3 is 9.88 Å². The summed E-state index contributed by atoms with van der Waals surface area (Å²) >= 11 is 5.97. The third kappa shape index (κ3) is 3.51. The molecule has 3 rings (SSSR count). The van der Waals surface area contributed by atoms with Crippen LogP contribution in [0, 0.1) is 10.1 Å². The van der Waals surface area contributed by atoms with E-state index in [2.05, 4.69) is 10.3 Å². The summed E-state index contributed by atoms with van der Waals surface area (Å²) < 4.78 is 1.82. The molecule has 25 heavy (non-hydrogen) atoms. The number of halogens is 1. The quantitative estimate of drug-likeness (QED) is 0.560. The summed E-state index contributed by atoms with van der Waals surface area (Å²) in [6.45, 7) is 0.100. The van der Waals surface area contributed by atoms with Gasteiger partial charge >= 0.3 is 0 Å². The standard InChI is InChI=1S/C17H13ClN4O3/c18-13-7-4-8-14(22(24)25)16(13)17(23)20-11-15-19-9-10-21(15)12-5-2-1-3-6-12/h1-10H,11H2,(H,20,23). The fourth-order valence-corrected chi connectivity index (χ4v) is 2.68. The van der Waals surface area contributed by atoms with Gasteiger partial charge in [-0.05, 0) is 18.2 Å². The third-order valence-electron chi connectivity index (χ3n) is 3.57. The van der Waals surface area contributed by atoms with Gasteiger partial charge in [-0.1, -0.05) is 35.9 Å². The topological polar surface area (TPSA) is 90.1 Å². The fraction of sp³-hybridized carbons (Fsp3) is 0.0588. The van der Waals surface area contributed by atoms with Crippen molar-refractivity contribution in [1.29, 1.82) is 0 Å². The number of nitro benzene ring substituents is 1. The Labute approximate surface area is 148 Å². The average molecular weight is 357 g/mol. The first-order valence-electron chi connectivity index (χ1n) is 7.36. The van der Waals surface area contributed by atoms with Crippen LogP contribution in [0.4, 0.5) is 5.69 Å². The number of amides is 1. The first-order chi connectivity index (χ1) is 12.1. The van der Waals surface area contributed by atoms with Crippen LogP contribution >= 0.6 is 11.6 Å². The Balaban J connectivity index is 1.81. The van der Waals surface area contributed by atoms with E-state index in [4.69, 9.17) is 11.6 Å². The van der Waals surface area contributed by atoms with Crippen LogP contribution in [0.25, 0.3) is 5.69 Å². The SMILES string of the molecule is O=C(NCc1nccn1-c1ccccc1)c1c(Cl)cccc1[N+](=O)[O-]. The largest absolute Gasteiger partial charge is 0.345 e. The smallest absolute Gasteiger partial charge is 0.283 e. The molecule has 2 aromatic carbocycles. The van der Waals surface area contributed by atoms with E-state index >= 15 is 0 Å². The van der Waals surface area contributed by atoms with Crippen molar-refractivity contribution in [2.24, 2.45) is 0 Å². The molecular formula is C17H13ClN4O3. The Morgan fingerprint density at radius 2 is 1.96 bits per heavy atom. The summed E-state index contributed by atoms with van der Waals surface area (Å²) in [7, 11) is 0. The van der Waals surface area contributed by atoms with Crippen LogP contribution in [-0.4, -0.2) is 20.4 Å². The van der Waals surface area contributed by atoms with E-state index in [0.717, 1.165) is 5.69 Å². The predicted molar refractivity (Wildman–Crippen MR) is 92.8 cm³/mol. The summed E-state index contributed by atoms with van der Waals surface area (Å²) in [6, 6.07) is 13.6. The molecule has 0 atom stereocenters. The van der Waals surface area contributed by atoms with E-state index in [0.29, 0.717) is 5.82 Å². The molecular weight excluding hydrogens is 344 g/mol. The number of rotatable bonds is 5. The van der Waals surface area contributed by atoms with Crippen molar-refractivity contribution in [3.05, 3.63) is 87.4 Å². The molecule has 0 fully saturated rings. The van der Waals surface area contributed by atoms with Crippen molar-refractivity contribution >= 4 is 23.2 Å². The number of carbonyl (C=O) groups is 1. The van der Waals surface area contributed by atoms with Gasteiger partial charge in [0.15, 0.2) is 0 Å². The number of para-hydroxylation sites is 1. The minimum absolute atomic E-state index is 0.0260. The number of nitrogens with zero attached hydrogens (tertiary/aromatic N) is 3. The molecule has 0 saturated carbocycles. The van der Waals surface area contributed by atoms with Crippen molar-refractivity contribution < 1.29 is 9.72 Å². The average Bonchev–Trinajstić information content (AvgIpc) is 3.08. The van der Waals surface area contributed by atoms with Gasteiger partial charge in [-0.3, -0.25) is 14.9 Å². The van der Waals surface area contributed by atoms with Crippen LogP contribution in [0.5, 0.6) is 0 Å². The maximum atomic E-state index is 12.4. The molecule has 126 valence electrons. The lowest BCUT2D eigenvalue weighted by atomic mass is 10.1. The van der Waals surface area contributed by atoms with Gasteiger partial charge in [0.2, 0.25) is 0 Å². The molecule has 0 saturated heterocycles. The maximum absolute atomic E-state index is 12.4. The summed E-state index contributed by atoms with van der Waals surface area (Å²) in [4.78, 5) is 27.1. The van der Waals surface area contributed by atoms with E-state index in [1.807, 2.05) is 34.9 Å². The number of benzene rings is 2. The van der Waals surface area contributed by atoms with Crippen molar-refractivity contribution in [3.8, 4) is 5.69 Å². The lowest BCUT2D eigenvalue weighted by molar-refractivity contribution is -0.385. The highest BCUT2D eigenvalue weighted by molar-refractivity contribution is 6.34. The van der Waals surface area contributed by atoms with E-state index < -0.39 is 10.8 Å². The number of carbonyl (C=O) groups excluding carboxylic acids is 1. The molecule has 3 aromatic rings. The van der Waals surface area contributed by atoms with E-state index in [1.165, 1.54) is 18.2 Å². The van der Waals surface area contributed by atoms with E-state index in [1.54, 1.807) is 12.4 Å². The molecule has 0 aliphatic carbocycles. The summed E-state index contributed by atoms with van der Waals surface area (Å²) in [5.74, 6) is -0.0332. The van der Waals surface area contributed by atoms with Gasteiger partial charge in [0.05, 0.1) is 16.5 Å². The van der Waals surface area contributed by atoms with E-state index in [-0.39, 0.29) is 22.8 Å². The predicted octanol–water partition coefficient (Wildman–Crippen LogP) is 3.36. The zero-order valence-electron chi connectivity index (χ0n) is 12.9. The summed E-state index contributed by atoms with van der Waals surface area (Å²) in [5.41, 5.74) is 0.399. The van der Waals surface area contributed by atoms with Gasteiger partial charge in [0.1, 0.15) is 11.4 Å². The highest BCUT2D eigenvalue weighted by Gasteiger charge is 2.23. The molecule has 0 radical (unpaired) electrons. The molecule has 0 unspecified atom stereocenters. The van der Waals surface area contributed by atoms with Crippen LogP contribution in [0.1, 0.15) is 16.2 Å². The minimum Gasteiger partial charge on any atom is -0.345 e. The number of aromatic nitrogens is 2. The first kappa shape index (κ1) is 16.7. The molecule has 1 aromatic heterocycles. The fourth-order valence-electron chi connectivity index (χ4n) is 2.43. The molecule has 0 bridgehead atoms. The molecule has 0 aliphatic heterocycles. The summed E-state index contributed by atoms with van der Waals surface area (Å²) in [6.07, 6.45) is 3.39. The van der Waals surface area contributed by atoms with Gasteiger partial charge in [-0.15, -0.1) is 0 Å². The highest BCUT2D eigenvalue weighted by atomic mass is 35.5. The Hall–Kier alpha value is -3.19. The minimum atomic E-state index is -0.633. The van der Waals surface area contributed by atoms with Gasteiger partial charge in [-0.25, -0.2) is 4.98 Å². The molecule has 8 heteroatoms. The van der Waals surface area contributed by atoms with Crippen LogP contribution in [0.2, 0.25) is 5.02 Å². The summed E-state index contributed by atoms with van der Waals surface area (Å²) in [5, 5.41) is 13.8. The molecule has 0 aliphatic rings. The number of hydrogen-bond donors (Lipinski definition) is 1. The number of nitro groups is 1. The number of nitrogens with one attached hydrogen (secondary N) is 1. The van der Waals surface area contributed by atoms with Crippen LogP contribution < -0.4 is 5.32 Å². The molecule has 7 nitrogen and oxygen atoms in total. The third-order valence-corrected chi connectivity index (χ3v) is 3.89. The van der Waals surface area contributed by atoms with Gasteiger partial charge in [-0.2, -0.15) is 0 Å². The Bertz CT molecular complexity index is 925. The van der Waals surface area contributed by atoms with Crippen molar-refractivity contribution in [2.75, 3.05) is 0 Å². The van der Waals surface area contributed by atoms with Gasteiger partial charge in [0.25, 0.3) is 11.6 Å². The molecule has 0 spiro atoms. The maximum Gasteiger partial charge on any atom is 0.283 e. The molecule has 1 amide bonds. The molecule has 1 N–H and O–H groups in total. The van der Waals surface area contributed by atoms with Crippen molar-refractivity contribution in [1.82, 2.24) is 14.9 Å². The molecule has 1 heterocycles. The monoisotopic (exact) mass is 356 g/mol. The highest BCUT2D eigenvalue weighted by Crippen LogP contribution is 2.26. The lowest BCUT2D eigenvalue weighted by Gasteiger charge is -2.10. The second-order valence-electron chi connectivity index (χ2n) is 5.12. The number of hydrogen-bond acceptors (Lipinski definition) is 4. The first-order valence-corrected chi connectivity index (χ1v) is 7.74. The second kappa shape index (κ2) is 7.14. The second-order valence-corrected chi connectivity index (χ2v) is 5.53. The van der Waals surface area contributed by atoms with Crippen LogP contribution in [-0.2, 0) is 6.54 Å². The van der Waals surface area contributed by atoms with Crippen LogP contribution in [0.3, 0.4) is 0 Å².